The van der Waals surface area contributed by atoms with Crippen LogP contribution >= 0.6 is 11.8 Å². The molecule has 3 rings (SSSR count). The zero-order valence-corrected chi connectivity index (χ0v) is 19.2. The third-order valence-electron chi connectivity index (χ3n) is 4.43. The smallest absolute Gasteiger partial charge is 0.326 e. The van der Waals surface area contributed by atoms with E-state index >= 15 is 0 Å². The van der Waals surface area contributed by atoms with Crippen LogP contribution in [0, 0.1) is 0 Å². The van der Waals surface area contributed by atoms with Crippen molar-refractivity contribution in [3.63, 3.8) is 0 Å². The van der Waals surface area contributed by atoms with Crippen molar-refractivity contribution in [2.75, 3.05) is 36.8 Å². The summed E-state index contributed by atoms with van der Waals surface area (Å²) in [5.41, 5.74) is 0.595. The first kappa shape index (κ1) is 23.9. The van der Waals surface area contributed by atoms with Gasteiger partial charge in [-0.2, -0.15) is 0 Å². The number of nitrogens with zero attached hydrogens (tertiary/aromatic N) is 4. The van der Waals surface area contributed by atoms with E-state index in [1.165, 1.54) is 9.58 Å². The van der Waals surface area contributed by atoms with E-state index < -0.39 is 5.97 Å². The van der Waals surface area contributed by atoms with Gasteiger partial charge in [0.1, 0.15) is 24.7 Å². The fourth-order valence-corrected chi connectivity index (χ4v) is 3.57. The van der Waals surface area contributed by atoms with Gasteiger partial charge in [0, 0.05) is 11.8 Å². The van der Waals surface area contributed by atoms with Gasteiger partial charge in [-0.1, -0.05) is 36.0 Å². The molecule has 1 heterocycles. The molecule has 2 aromatic carbocycles. The third kappa shape index (κ3) is 6.62. The molecule has 0 unspecified atom stereocenters. The Morgan fingerprint density at radius 1 is 1.09 bits per heavy atom. The number of hydrogen-bond donors (Lipinski definition) is 1. The molecule has 10 nitrogen and oxygen atoms in total. The van der Waals surface area contributed by atoms with Gasteiger partial charge in [0.25, 0.3) is 0 Å². The van der Waals surface area contributed by atoms with Crippen molar-refractivity contribution in [3.8, 4) is 11.5 Å². The first-order valence-electron chi connectivity index (χ1n) is 10.1. The maximum Gasteiger partial charge on any atom is 0.326 e. The molecule has 0 aliphatic rings. The zero-order valence-electron chi connectivity index (χ0n) is 18.3. The Morgan fingerprint density at radius 3 is 2.58 bits per heavy atom. The molecule has 0 saturated heterocycles. The highest BCUT2D eigenvalue weighted by atomic mass is 32.2. The lowest BCUT2D eigenvalue weighted by atomic mass is 10.3. The van der Waals surface area contributed by atoms with E-state index in [9.17, 15) is 9.59 Å². The third-order valence-corrected chi connectivity index (χ3v) is 5.36. The van der Waals surface area contributed by atoms with Gasteiger partial charge in [-0.3, -0.25) is 9.59 Å². The van der Waals surface area contributed by atoms with Crippen molar-refractivity contribution >= 4 is 29.3 Å². The number of amides is 1. The fourth-order valence-electron chi connectivity index (χ4n) is 2.81. The van der Waals surface area contributed by atoms with E-state index in [-0.39, 0.29) is 31.4 Å². The average molecular weight is 472 g/mol. The van der Waals surface area contributed by atoms with Crippen LogP contribution in [0.1, 0.15) is 12.7 Å². The van der Waals surface area contributed by atoms with Crippen molar-refractivity contribution in [1.29, 1.82) is 0 Å². The van der Waals surface area contributed by atoms with Crippen LogP contribution in [0.4, 0.5) is 5.69 Å². The number of carbonyl (C=O) groups excluding carboxylic acids is 2. The molecular weight excluding hydrogens is 446 g/mol. The van der Waals surface area contributed by atoms with Crippen LogP contribution in [0.3, 0.4) is 0 Å². The molecule has 1 aromatic heterocycles. The van der Waals surface area contributed by atoms with E-state index in [4.69, 9.17) is 20.1 Å². The highest BCUT2D eigenvalue weighted by Gasteiger charge is 2.21. The second-order valence-corrected chi connectivity index (χ2v) is 7.59. The highest BCUT2D eigenvalue weighted by molar-refractivity contribution is 7.99. The fraction of sp³-hybridized carbons (Fsp3) is 0.273. The summed E-state index contributed by atoms with van der Waals surface area (Å²) in [6.07, 6.45) is 0. The quantitative estimate of drug-likeness (QED) is 0.255. The molecule has 0 radical (unpaired) electrons. The molecule has 0 spiro atoms. The second kappa shape index (κ2) is 11.8. The van der Waals surface area contributed by atoms with Crippen molar-refractivity contribution < 1.29 is 23.8 Å². The van der Waals surface area contributed by atoms with E-state index in [1.807, 2.05) is 18.2 Å². The molecule has 0 bridgehead atoms. The molecule has 174 valence electrons. The number of hydrogen-bond acceptors (Lipinski definition) is 9. The van der Waals surface area contributed by atoms with Crippen LogP contribution in [0.15, 0.2) is 59.8 Å². The van der Waals surface area contributed by atoms with Crippen molar-refractivity contribution in [1.82, 2.24) is 14.9 Å². The number of aromatic nitrogens is 3. The highest BCUT2D eigenvalue weighted by Crippen LogP contribution is 2.22. The minimum atomic E-state index is -0.487. The summed E-state index contributed by atoms with van der Waals surface area (Å²) in [5.74, 6) is 6.96. The van der Waals surface area contributed by atoms with Gasteiger partial charge in [0.2, 0.25) is 11.1 Å². The summed E-state index contributed by atoms with van der Waals surface area (Å²) in [6, 6.07) is 16.1. The van der Waals surface area contributed by atoms with Gasteiger partial charge in [-0.15, -0.1) is 10.2 Å². The number of carbonyl (C=O) groups is 2. The van der Waals surface area contributed by atoms with Gasteiger partial charge < -0.3 is 25.0 Å². The van der Waals surface area contributed by atoms with E-state index in [0.717, 1.165) is 11.8 Å². The van der Waals surface area contributed by atoms with E-state index in [0.29, 0.717) is 28.2 Å². The zero-order chi connectivity index (χ0) is 23.6. The Labute approximate surface area is 195 Å². The molecule has 11 heteroatoms. The number of nitrogens with two attached hydrogens (primary N) is 1. The number of methoxy groups -OCH3 is 1. The topological polar surface area (TPSA) is 122 Å². The van der Waals surface area contributed by atoms with Crippen LogP contribution in [0.25, 0.3) is 0 Å². The number of benzene rings is 2. The molecule has 0 atom stereocenters. The monoisotopic (exact) mass is 471 g/mol. The Bertz CT molecular complexity index is 1080. The average Bonchev–Trinajstić information content (AvgIpc) is 3.19. The van der Waals surface area contributed by atoms with Crippen LogP contribution in [0.2, 0.25) is 0 Å². The van der Waals surface area contributed by atoms with Crippen molar-refractivity contribution in [3.05, 3.63) is 60.4 Å². The lowest BCUT2D eigenvalue weighted by Crippen LogP contribution is -2.37. The molecule has 0 aliphatic heterocycles. The van der Waals surface area contributed by atoms with Crippen LogP contribution < -0.4 is 20.2 Å². The summed E-state index contributed by atoms with van der Waals surface area (Å²) in [7, 11) is 1.58. The Morgan fingerprint density at radius 2 is 1.85 bits per heavy atom. The number of anilines is 1. The molecule has 0 saturated carbocycles. The van der Waals surface area contributed by atoms with Crippen molar-refractivity contribution in [2.24, 2.45) is 0 Å². The van der Waals surface area contributed by atoms with Crippen LogP contribution in [-0.4, -0.2) is 52.8 Å². The molecular formula is C22H25N5O5S. The minimum Gasteiger partial charge on any atom is -0.497 e. The minimum absolute atomic E-state index is 0.000371. The maximum atomic E-state index is 12.9. The Hall–Kier alpha value is -3.73. The van der Waals surface area contributed by atoms with Crippen molar-refractivity contribution in [2.45, 2.75) is 18.7 Å². The largest absolute Gasteiger partial charge is 0.497 e. The SMILES string of the molecule is CCOC(=O)CN(C(=O)CSc1nnc(COc2cccc(OC)c2)n1N)c1ccccc1. The Kier molecular flexibility index (Phi) is 8.53. The molecule has 1 amide bonds. The molecule has 2 N–H and O–H groups in total. The first-order valence-corrected chi connectivity index (χ1v) is 11.1. The lowest BCUT2D eigenvalue weighted by molar-refractivity contribution is -0.142. The first-order chi connectivity index (χ1) is 16.0. The van der Waals surface area contributed by atoms with E-state index in [2.05, 4.69) is 10.2 Å². The van der Waals surface area contributed by atoms with Crippen LogP contribution in [-0.2, 0) is 20.9 Å². The van der Waals surface area contributed by atoms with E-state index in [1.54, 1.807) is 50.4 Å². The van der Waals surface area contributed by atoms with Gasteiger partial charge in [0.05, 0.1) is 19.5 Å². The van der Waals surface area contributed by atoms with Gasteiger partial charge >= 0.3 is 5.97 Å². The molecule has 0 fully saturated rings. The van der Waals surface area contributed by atoms with Gasteiger partial charge in [0.15, 0.2) is 5.82 Å². The number of rotatable bonds is 11. The summed E-state index contributed by atoms with van der Waals surface area (Å²) >= 11 is 1.11. The second-order valence-electron chi connectivity index (χ2n) is 6.65. The molecule has 0 aliphatic carbocycles. The van der Waals surface area contributed by atoms with Crippen LogP contribution in [0.5, 0.6) is 11.5 Å². The maximum absolute atomic E-state index is 12.9. The summed E-state index contributed by atoms with van der Waals surface area (Å²) < 4.78 is 17.1. The number of ether oxygens (including phenoxy) is 3. The van der Waals surface area contributed by atoms with Gasteiger partial charge in [-0.05, 0) is 31.2 Å². The Balaban J connectivity index is 1.62. The predicted octanol–water partition coefficient (Wildman–Crippen LogP) is 2.27. The number of esters is 1. The normalized spacial score (nSPS) is 10.5. The predicted molar refractivity (Wildman–Crippen MR) is 124 cm³/mol. The van der Waals surface area contributed by atoms with Gasteiger partial charge in [-0.25, -0.2) is 4.68 Å². The number of nitrogen functional groups attached to an aromatic ring is 1. The number of para-hydroxylation sites is 1. The lowest BCUT2D eigenvalue weighted by Gasteiger charge is -2.21. The number of thioether (sulfide) groups is 1. The summed E-state index contributed by atoms with van der Waals surface area (Å²) in [6.45, 7) is 1.85. The standard InChI is InChI=1S/C22H25N5O5S/c1-3-31-21(29)13-26(16-8-5-4-6-9-16)20(28)15-33-22-25-24-19(27(22)23)14-32-18-11-7-10-17(12-18)30-2/h4-12H,3,13-15,23H2,1-2H3. The summed E-state index contributed by atoms with van der Waals surface area (Å²) in [5, 5.41) is 8.42. The summed E-state index contributed by atoms with van der Waals surface area (Å²) in [4.78, 5) is 26.3. The molecule has 33 heavy (non-hydrogen) atoms. The molecule has 3 aromatic rings.